The summed E-state index contributed by atoms with van der Waals surface area (Å²) in [6, 6.07) is 2.94. The van der Waals surface area contributed by atoms with Gasteiger partial charge in [-0.05, 0) is 25.1 Å². The predicted molar refractivity (Wildman–Crippen MR) is 66.0 cm³/mol. The molecule has 1 unspecified atom stereocenters. The van der Waals surface area contributed by atoms with Gasteiger partial charge in [0.2, 0.25) is 0 Å². The van der Waals surface area contributed by atoms with E-state index < -0.39 is 24.5 Å². The van der Waals surface area contributed by atoms with E-state index in [1.807, 2.05) is 0 Å². The van der Waals surface area contributed by atoms with E-state index in [4.69, 9.17) is 5.73 Å². The van der Waals surface area contributed by atoms with Crippen molar-refractivity contribution in [2.75, 3.05) is 5.32 Å². The molecule has 18 heavy (non-hydrogen) atoms. The van der Waals surface area contributed by atoms with E-state index >= 15 is 0 Å². The maximum Gasteiger partial charge on any atom is 0.391 e. The molecule has 0 aliphatic carbocycles. The van der Waals surface area contributed by atoms with Crippen molar-refractivity contribution in [3.63, 3.8) is 0 Å². The highest BCUT2D eigenvalue weighted by atomic mass is 32.1. The van der Waals surface area contributed by atoms with Crippen LogP contribution in [0.4, 0.5) is 23.2 Å². The van der Waals surface area contributed by atoms with Gasteiger partial charge in [-0.25, -0.2) is 4.39 Å². The maximum absolute atomic E-state index is 13.5. The molecule has 0 amide bonds. The van der Waals surface area contributed by atoms with E-state index in [0.29, 0.717) is 5.56 Å². The minimum Gasteiger partial charge on any atom is -0.389 e. The van der Waals surface area contributed by atoms with Gasteiger partial charge in [0.25, 0.3) is 0 Å². The molecule has 1 aromatic rings. The van der Waals surface area contributed by atoms with Gasteiger partial charge in [0.05, 0.1) is 12.1 Å². The molecule has 7 heteroatoms. The number of nitrogens with one attached hydrogen (secondary N) is 1. The fourth-order valence-corrected chi connectivity index (χ4v) is 1.58. The van der Waals surface area contributed by atoms with Crippen LogP contribution in [0.15, 0.2) is 18.2 Å². The summed E-state index contributed by atoms with van der Waals surface area (Å²) in [6.07, 6.45) is -5.33. The highest BCUT2D eigenvalue weighted by Crippen LogP contribution is 2.24. The minimum absolute atomic E-state index is 0.00764. The third-order valence-electron chi connectivity index (χ3n) is 2.19. The first-order chi connectivity index (χ1) is 8.19. The number of alkyl halides is 3. The van der Waals surface area contributed by atoms with Crippen molar-refractivity contribution >= 4 is 22.9 Å². The number of halogens is 4. The van der Waals surface area contributed by atoms with Crippen molar-refractivity contribution in [1.82, 2.24) is 0 Å². The Labute approximate surface area is 107 Å². The Bertz CT molecular complexity index is 445. The van der Waals surface area contributed by atoms with Gasteiger partial charge < -0.3 is 11.1 Å². The summed E-state index contributed by atoms with van der Waals surface area (Å²) >= 11 is 4.67. The molecule has 2 nitrogen and oxygen atoms in total. The second kappa shape index (κ2) is 5.51. The summed E-state index contributed by atoms with van der Waals surface area (Å²) in [4.78, 5) is 0.0313. The number of anilines is 1. The molecular weight excluding hydrogens is 268 g/mol. The Balaban J connectivity index is 2.77. The molecule has 0 aliphatic heterocycles. The van der Waals surface area contributed by atoms with Gasteiger partial charge in [-0.15, -0.1) is 0 Å². The van der Waals surface area contributed by atoms with E-state index in [1.54, 1.807) is 0 Å². The van der Waals surface area contributed by atoms with Crippen LogP contribution in [0.3, 0.4) is 0 Å². The number of benzene rings is 1. The Kier molecular flexibility index (Phi) is 4.50. The fraction of sp³-hybridized carbons (Fsp3) is 0.364. The van der Waals surface area contributed by atoms with Crippen molar-refractivity contribution in [2.45, 2.75) is 25.6 Å². The molecule has 0 fully saturated rings. The Morgan fingerprint density at radius 2 is 2.06 bits per heavy atom. The van der Waals surface area contributed by atoms with Crippen molar-refractivity contribution < 1.29 is 17.6 Å². The van der Waals surface area contributed by atoms with E-state index in [9.17, 15) is 17.6 Å². The zero-order valence-electron chi connectivity index (χ0n) is 9.51. The monoisotopic (exact) mass is 280 g/mol. The summed E-state index contributed by atoms with van der Waals surface area (Å²) in [5.41, 5.74) is 5.64. The van der Waals surface area contributed by atoms with E-state index in [0.717, 1.165) is 6.07 Å². The van der Waals surface area contributed by atoms with Crippen molar-refractivity contribution in [1.29, 1.82) is 0 Å². The van der Waals surface area contributed by atoms with Gasteiger partial charge in [-0.1, -0.05) is 12.2 Å². The topological polar surface area (TPSA) is 38.0 Å². The van der Waals surface area contributed by atoms with Crippen molar-refractivity contribution in [2.24, 2.45) is 5.73 Å². The van der Waals surface area contributed by atoms with E-state index in [2.05, 4.69) is 17.5 Å². The molecule has 0 saturated heterocycles. The van der Waals surface area contributed by atoms with Crippen LogP contribution in [0.5, 0.6) is 0 Å². The van der Waals surface area contributed by atoms with Crippen LogP contribution in [0.1, 0.15) is 18.9 Å². The highest BCUT2D eigenvalue weighted by Gasteiger charge is 2.30. The highest BCUT2D eigenvalue weighted by molar-refractivity contribution is 7.80. The fourth-order valence-electron chi connectivity index (χ4n) is 1.45. The standard InChI is InChI=1S/C11H12F4N2S/c1-6(5-11(13,14)15)17-9-3-2-7(10(16)18)4-8(9)12/h2-4,6,17H,5H2,1H3,(H2,16,18). The van der Waals surface area contributed by atoms with Gasteiger partial charge in [-0.3, -0.25) is 0 Å². The van der Waals surface area contributed by atoms with Crippen LogP contribution in [0, 0.1) is 5.82 Å². The SMILES string of the molecule is CC(CC(F)(F)F)Nc1ccc(C(N)=S)cc1F. The van der Waals surface area contributed by atoms with Gasteiger partial charge in [0.1, 0.15) is 10.8 Å². The summed E-state index contributed by atoms with van der Waals surface area (Å²) in [6.45, 7) is 1.33. The number of hydrogen-bond donors (Lipinski definition) is 2. The van der Waals surface area contributed by atoms with Crippen molar-refractivity contribution in [3.05, 3.63) is 29.6 Å². The smallest absolute Gasteiger partial charge is 0.389 e. The lowest BCUT2D eigenvalue weighted by Gasteiger charge is -2.17. The summed E-state index contributed by atoms with van der Waals surface area (Å²) in [7, 11) is 0. The minimum atomic E-state index is -4.29. The Morgan fingerprint density at radius 3 is 2.50 bits per heavy atom. The zero-order chi connectivity index (χ0) is 13.9. The molecule has 0 radical (unpaired) electrons. The summed E-state index contributed by atoms with van der Waals surface area (Å²) in [5, 5.41) is 2.45. The molecular formula is C11H12F4N2S. The molecule has 1 rings (SSSR count). The molecule has 0 heterocycles. The summed E-state index contributed by atoms with van der Waals surface area (Å²) < 4.78 is 49.9. The molecule has 1 atom stereocenters. The first-order valence-corrected chi connectivity index (χ1v) is 5.52. The first-order valence-electron chi connectivity index (χ1n) is 5.11. The molecule has 3 N–H and O–H groups in total. The second-order valence-electron chi connectivity index (χ2n) is 3.92. The van der Waals surface area contributed by atoms with Crippen LogP contribution < -0.4 is 11.1 Å². The lowest BCUT2D eigenvalue weighted by Crippen LogP contribution is -2.24. The van der Waals surface area contributed by atoms with Crippen molar-refractivity contribution in [3.8, 4) is 0 Å². The number of nitrogens with two attached hydrogens (primary N) is 1. The van der Waals surface area contributed by atoms with Gasteiger partial charge in [0, 0.05) is 11.6 Å². The van der Waals surface area contributed by atoms with Crippen LogP contribution in [-0.2, 0) is 0 Å². The molecule has 100 valence electrons. The van der Waals surface area contributed by atoms with Crippen LogP contribution in [0.2, 0.25) is 0 Å². The quantitative estimate of drug-likeness (QED) is 0.657. The Morgan fingerprint density at radius 1 is 1.44 bits per heavy atom. The number of thiocarbonyl (C=S) groups is 1. The number of rotatable bonds is 4. The normalized spacial score (nSPS) is 13.2. The summed E-state index contributed by atoms with van der Waals surface area (Å²) in [5.74, 6) is -0.686. The molecule has 0 aliphatic rings. The molecule has 0 spiro atoms. The maximum atomic E-state index is 13.5. The lowest BCUT2D eigenvalue weighted by molar-refractivity contribution is -0.136. The largest absolute Gasteiger partial charge is 0.391 e. The van der Waals surface area contributed by atoms with E-state index in [-0.39, 0.29) is 10.7 Å². The average Bonchev–Trinajstić information content (AvgIpc) is 2.17. The molecule has 0 aromatic heterocycles. The zero-order valence-corrected chi connectivity index (χ0v) is 10.3. The average molecular weight is 280 g/mol. The third kappa shape index (κ3) is 4.48. The molecule has 0 saturated carbocycles. The van der Waals surface area contributed by atoms with Crippen LogP contribution in [-0.4, -0.2) is 17.2 Å². The predicted octanol–water partition coefficient (Wildman–Crippen LogP) is 3.21. The molecule has 0 bridgehead atoms. The number of hydrogen-bond acceptors (Lipinski definition) is 2. The van der Waals surface area contributed by atoms with E-state index in [1.165, 1.54) is 19.1 Å². The van der Waals surface area contributed by atoms with Crippen LogP contribution >= 0.6 is 12.2 Å². The first kappa shape index (κ1) is 14.7. The second-order valence-corrected chi connectivity index (χ2v) is 4.36. The van der Waals surface area contributed by atoms with Gasteiger partial charge in [-0.2, -0.15) is 13.2 Å². The van der Waals surface area contributed by atoms with Gasteiger partial charge >= 0.3 is 6.18 Å². The molecule has 1 aromatic carbocycles. The van der Waals surface area contributed by atoms with Gasteiger partial charge in [0.15, 0.2) is 0 Å². The van der Waals surface area contributed by atoms with Crippen LogP contribution in [0.25, 0.3) is 0 Å². The Hall–Kier alpha value is -1.37. The third-order valence-corrected chi connectivity index (χ3v) is 2.43. The lowest BCUT2D eigenvalue weighted by atomic mass is 10.1.